The van der Waals surface area contributed by atoms with Gasteiger partial charge in [0.25, 0.3) is 0 Å². The second-order valence-corrected chi connectivity index (χ2v) is 7.67. The molecular weight excluding hydrogens is 402 g/mol. The van der Waals surface area contributed by atoms with Crippen LogP contribution in [-0.2, 0) is 20.9 Å². The van der Waals surface area contributed by atoms with E-state index in [1.165, 1.54) is 0 Å². The number of carbonyl (C=O) groups is 2. The van der Waals surface area contributed by atoms with E-state index in [4.69, 9.17) is 4.74 Å². The lowest BCUT2D eigenvalue weighted by Crippen LogP contribution is -2.49. The third-order valence-electron chi connectivity index (χ3n) is 3.47. The molecule has 0 aliphatic carbocycles. The first-order valence-corrected chi connectivity index (χ1v) is 8.49. The van der Waals surface area contributed by atoms with Gasteiger partial charge in [0, 0.05) is 12.8 Å². The summed E-state index contributed by atoms with van der Waals surface area (Å²) >= 11 is 6.80. The summed E-state index contributed by atoms with van der Waals surface area (Å²) in [5.74, 6) is -0.0273. The van der Waals surface area contributed by atoms with E-state index in [-0.39, 0.29) is 18.3 Å². The Balaban J connectivity index is 2.21. The quantitative estimate of drug-likeness (QED) is 0.543. The van der Waals surface area contributed by atoms with Crippen LogP contribution in [0.15, 0.2) is 27.4 Å². The van der Waals surface area contributed by atoms with Gasteiger partial charge in [-0.2, -0.15) is 4.57 Å². The standard InChI is InChI=1S/C15H18Br2NO3/c1-10(2)6-15(4-3-14(20)21-15)13(19)9-18-7-11(16)5-12(17)8-18/h5,7-8,10H,3-4,6,9H2,1-2H3/q+1/t15-/m1/s1. The largest absolute Gasteiger partial charge is 0.451 e. The maximum absolute atomic E-state index is 12.7. The molecule has 1 fully saturated rings. The summed E-state index contributed by atoms with van der Waals surface area (Å²) in [6.07, 6.45) is 5.06. The minimum absolute atomic E-state index is 0.0444. The molecule has 1 aliphatic heterocycles. The maximum atomic E-state index is 12.7. The Kier molecular flexibility index (Phi) is 5.20. The van der Waals surface area contributed by atoms with Crippen molar-refractivity contribution in [1.82, 2.24) is 0 Å². The molecule has 0 N–H and O–H groups in total. The molecule has 1 aromatic rings. The molecule has 0 spiro atoms. The second kappa shape index (κ2) is 6.57. The number of nitrogens with zero attached hydrogens (tertiary/aromatic N) is 1. The first-order chi connectivity index (χ1) is 9.80. The number of esters is 1. The summed E-state index contributed by atoms with van der Waals surface area (Å²) in [5.41, 5.74) is -0.951. The molecule has 4 nitrogen and oxygen atoms in total. The van der Waals surface area contributed by atoms with Crippen LogP contribution in [0.25, 0.3) is 0 Å². The Bertz CT molecular complexity index is 554. The zero-order chi connectivity index (χ0) is 15.6. The van der Waals surface area contributed by atoms with Crippen molar-refractivity contribution in [1.29, 1.82) is 0 Å². The normalized spacial score (nSPS) is 21.7. The second-order valence-electron chi connectivity index (χ2n) is 5.83. The van der Waals surface area contributed by atoms with E-state index in [0.717, 1.165) is 8.95 Å². The van der Waals surface area contributed by atoms with Gasteiger partial charge in [0.05, 0.1) is 8.95 Å². The van der Waals surface area contributed by atoms with Crippen LogP contribution >= 0.6 is 31.9 Å². The number of halogens is 2. The number of carbonyl (C=O) groups excluding carboxylic acids is 2. The number of hydrogen-bond acceptors (Lipinski definition) is 3. The third-order valence-corrected chi connectivity index (χ3v) is 4.34. The molecule has 0 bridgehead atoms. The van der Waals surface area contributed by atoms with Gasteiger partial charge in [0.15, 0.2) is 18.0 Å². The molecule has 0 unspecified atom stereocenters. The van der Waals surface area contributed by atoms with Gasteiger partial charge in [-0.15, -0.1) is 0 Å². The lowest BCUT2D eigenvalue weighted by molar-refractivity contribution is -0.686. The number of ether oxygens (including phenoxy) is 1. The topological polar surface area (TPSA) is 47.2 Å². The van der Waals surface area contributed by atoms with Gasteiger partial charge in [-0.3, -0.25) is 9.59 Å². The van der Waals surface area contributed by atoms with E-state index in [1.54, 1.807) is 4.57 Å². The van der Waals surface area contributed by atoms with Crippen molar-refractivity contribution >= 4 is 43.6 Å². The Hall–Kier alpha value is -0.750. The molecule has 1 aliphatic rings. The smallest absolute Gasteiger partial charge is 0.306 e. The SMILES string of the molecule is CC(C)C[C@@]1(C(=O)C[n+]2cc(Br)cc(Br)c2)CCC(=O)O1. The molecule has 2 heterocycles. The maximum Gasteiger partial charge on any atom is 0.306 e. The Labute approximate surface area is 141 Å². The molecular formula is C15H18Br2NO3+. The van der Waals surface area contributed by atoms with Crippen molar-refractivity contribution in [2.45, 2.75) is 45.3 Å². The Morgan fingerprint density at radius 2 is 2.00 bits per heavy atom. The minimum atomic E-state index is -0.951. The molecule has 0 aromatic carbocycles. The van der Waals surface area contributed by atoms with Crippen molar-refractivity contribution in [2.24, 2.45) is 5.92 Å². The van der Waals surface area contributed by atoms with Crippen molar-refractivity contribution < 1.29 is 18.9 Å². The molecule has 6 heteroatoms. The number of rotatable bonds is 5. The van der Waals surface area contributed by atoms with E-state index in [1.807, 2.05) is 32.3 Å². The Morgan fingerprint density at radius 1 is 1.38 bits per heavy atom. The van der Waals surface area contributed by atoms with Crippen LogP contribution in [-0.4, -0.2) is 17.4 Å². The zero-order valence-corrected chi connectivity index (χ0v) is 15.2. The van der Waals surface area contributed by atoms with Gasteiger partial charge < -0.3 is 4.74 Å². The minimum Gasteiger partial charge on any atom is -0.451 e. The highest BCUT2D eigenvalue weighted by atomic mass is 79.9. The van der Waals surface area contributed by atoms with Crippen LogP contribution in [0.4, 0.5) is 0 Å². The molecule has 114 valence electrons. The van der Waals surface area contributed by atoms with Gasteiger partial charge >= 0.3 is 5.97 Å². The van der Waals surface area contributed by atoms with Crippen molar-refractivity contribution in [2.75, 3.05) is 0 Å². The Morgan fingerprint density at radius 3 is 2.48 bits per heavy atom. The van der Waals surface area contributed by atoms with Crippen molar-refractivity contribution in [3.8, 4) is 0 Å². The molecule has 21 heavy (non-hydrogen) atoms. The summed E-state index contributed by atoms with van der Waals surface area (Å²) in [5, 5.41) is 0. The van der Waals surface area contributed by atoms with Crippen LogP contribution in [0.1, 0.15) is 33.1 Å². The van der Waals surface area contributed by atoms with Crippen LogP contribution in [0.2, 0.25) is 0 Å². The predicted molar refractivity (Wildman–Crippen MR) is 84.6 cm³/mol. The lowest BCUT2D eigenvalue weighted by Gasteiger charge is -2.26. The third kappa shape index (κ3) is 4.13. The number of hydrogen-bond donors (Lipinski definition) is 0. The fourth-order valence-electron chi connectivity index (χ4n) is 2.70. The zero-order valence-electron chi connectivity index (χ0n) is 12.1. The van der Waals surface area contributed by atoms with Crippen LogP contribution in [0.3, 0.4) is 0 Å². The van der Waals surface area contributed by atoms with E-state index < -0.39 is 5.60 Å². The fourth-order valence-corrected chi connectivity index (χ4v) is 4.03. The van der Waals surface area contributed by atoms with Gasteiger partial charge in [-0.05, 0) is 50.3 Å². The molecule has 2 rings (SSSR count). The van der Waals surface area contributed by atoms with Gasteiger partial charge in [-0.25, -0.2) is 0 Å². The van der Waals surface area contributed by atoms with Crippen molar-refractivity contribution in [3.05, 3.63) is 27.4 Å². The van der Waals surface area contributed by atoms with E-state index in [2.05, 4.69) is 31.9 Å². The fraction of sp³-hybridized carbons (Fsp3) is 0.533. The van der Waals surface area contributed by atoms with Crippen LogP contribution in [0, 0.1) is 5.92 Å². The highest BCUT2D eigenvalue weighted by Crippen LogP contribution is 2.34. The van der Waals surface area contributed by atoms with Crippen LogP contribution < -0.4 is 4.57 Å². The predicted octanol–water partition coefficient (Wildman–Crippen LogP) is 3.19. The monoisotopic (exact) mass is 418 g/mol. The first kappa shape index (κ1) is 16.6. The van der Waals surface area contributed by atoms with Gasteiger partial charge in [0.2, 0.25) is 12.3 Å². The lowest BCUT2D eigenvalue weighted by atomic mass is 9.86. The molecule has 0 radical (unpaired) electrons. The number of pyridine rings is 1. The summed E-state index contributed by atoms with van der Waals surface area (Å²) in [7, 11) is 0. The number of aromatic nitrogens is 1. The van der Waals surface area contributed by atoms with Crippen molar-refractivity contribution in [3.63, 3.8) is 0 Å². The van der Waals surface area contributed by atoms with E-state index in [9.17, 15) is 9.59 Å². The number of Topliss-reactive ketones (excluding diaryl/α,β-unsaturated/α-hetero) is 1. The number of cyclic esters (lactones) is 1. The van der Waals surface area contributed by atoms with Gasteiger partial charge in [0.1, 0.15) is 0 Å². The first-order valence-electron chi connectivity index (χ1n) is 6.91. The highest BCUT2D eigenvalue weighted by Gasteiger charge is 2.48. The summed E-state index contributed by atoms with van der Waals surface area (Å²) < 4.78 is 8.99. The molecule has 0 saturated carbocycles. The van der Waals surface area contributed by atoms with Crippen LogP contribution in [0.5, 0.6) is 0 Å². The molecule has 1 atom stereocenters. The highest BCUT2D eigenvalue weighted by molar-refractivity contribution is 9.11. The summed E-state index contributed by atoms with van der Waals surface area (Å²) in [6.45, 7) is 4.26. The van der Waals surface area contributed by atoms with Gasteiger partial charge in [-0.1, -0.05) is 13.8 Å². The molecule has 0 amide bonds. The van der Waals surface area contributed by atoms with E-state index >= 15 is 0 Å². The molecule has 1 aromatic heterocycles. The summed E-state index contributed by atoms with van der Waals surface area (Å²) in [6, 6.07) is 1.90. The molecule has 1 saturated heterocycles. The average Bonchev–Trinajstić information content (AvgIpc) is 2.69. The van der Waals surface area contributed by atoms with E-state index in [0.29, 0.717) is 25.2 Å². The average molecular weight is 420 g/mol. The summed E-state index contributed by atoms with van der Waals surface area (Å²) in [4.78, 5) is 24.2. The number of ketones is 1.